The van der Waals surface area contributed by atoms with Gasteiger partial charge in [-0.2, -0.15) is 0 Å². The lowest BCUT2D eigenvalue weighted by atomic mass is 10.2. The van der Waals surface area contributed by atoms with E-state index in [2.05, 4.69) is 27.1 Å². The van der Waals surface area contributed by atoms with Crippen LogP contribution >= 0.6 is 0 Å². The van der Waals surface area contributed by atoms with Crippen LogP contribution in [0.5, 0.6) is 0 Å². The molecule has 1 saturated heterocycles. The van der Waals surface area contributed by atoms with Gasteiger partial charge in [0, 0.05) is 38.6 Å². The Kier molecular flexibility index (Phi) is 8.08. The summed E-state index contributed by atoms with van der Waals surface area (Å²) >= 11 is 0. The monoisotopic (exact) mass is 252 g/mol. The summed E-state index contributed by atoms with van der Waals surface area (Å²) < 4.78 is 0. The van der Waals surface area contributed by atoms with E-state index in [0.29, 0.717) is 0 Å². The molecule has 2 heterocycles. The van der Waals surface area contributed by atoms with Crippen LogP contribution in [0.2, 0.25) is 0 Å². The standard InChI is InChI=1S/C9H20N2.C4H4N2O/c1-2-3-4-7-11-8-5-10-6-9-11;7-4-5-2-1-3-6-4/h10H,2-9H2,1H3;1-3H,(H,5,6,7). The fourth-order valence-corrected chi connectivity index (χ4v) is 1.83. The number of nitrogens with one attached hydrogen (secondary N) is 2. The van der Waals surface area contributed by atoms with Gasteiger partial charge in [0.15, 0.2) is 0 Å². The van der Waals surface area contributed by atoms with Crippen molar-refractivity contribution in [3.05, 3.63) is 28.9 Å². The van der Waals surface area contributed by atoms with Crippen molar-refractivity contribution in [2.24, 2.45) is 0 Å². The van der Waals surface area contributed by atoms with Crippen LogP contribution in [0.15, 0.2) is 23.3 Å². The Morgan fingerprint density at radius 1 is 1.33 bits per heavy atom. The summed E-state index contributed by atoms with van der Waals surface area (Å²) in [6.07, 6.45) is 7.10. The van der Waals surface area contributed by atoms with Gasteiger partial charge in [-0.3, -0.25) is 0 Å². The molecule has 1 aliphatic rings. The molecule has 0 bridgehead atoms. The number of unbranched alkanes of at least 4 members (excludes halogenated alkanes) is 2. The van der Waals surface area contributed by atoms with Crippen LogP contribution < -0.4 is 11.0 Å². The van der Waals surface area contributed by atoms with Crippen LogP contribution in [-0.4, -0.2) is 47.6 Å². The van der Waals surface area contributed by atoms with Crippen molar-refractivity contribution in [1.29, 1.82) is 0 Å². The Morgan fingerprint density at radius 2 is 2.11 bits per heavy atom. The maximum absolute atomic E-state index is 10.1. The van der Waals surface area contributed by atoms with Crippen molar-refractivity contribution < 1.29 is 0 Å². The summed E-state index contributed by atoms with van der Waals surface area (Å²) in [6, 6.07) is 1.65. The van der Waals surface area contributed by atoms with E-state index in [9.17, 15) is 4.79 Å². The average molecular weight is 252 g/mol. The van der Waals surface area contributed by atoms with Crippen molar-refractivity contribution >= 4 is 0 Å². The van der Waals surface area contributed by atoms with E-state index >= 15 is 0 Å². The molecule has 1 aromatic heterocycles. The van der Waals surface area contributed by atoms with E-state index in [0.717, 1.165) is 0 Å². The summed E-state index contributed by atoms with van der Waals surface area (Å²) in [6.45, 7) is 8.46. The van der Waals surface area contributed by atoms with Gasteiger partial charge >= 0.3 is 5.69 Å². The second kappa shape index (κ2) is 9.79. The molecular weight excluding hydrogens is 228 g/mol. The van der Waals surface area contributed by atoms with Crippen LogP contribution in [0, 0.1) is 0 Å². The van der Waals surface area contributed by atoms with Crippen molar-refractivity contribution in [2.75, 3.05) is 32.7 Å². The lowest BCUT2D eigenvalue weighted by Gasteiger charge is -2.26. The van der Waals surface area contributed by atoms with Gasteiger partial charge in [0.1, 0.15) is 0 Å². The first-order valence-corrected chi connectivity index (χ1v) is 6.75. The minimum absolute atomic E-state index is 0.303. The number of H-pyrrole nitrogens is 1. The first kappa shape index (κ1) is 14.9. The van der Waals surface area contributed by atoms with Gasteiger partial charge in [0.25, 0.3) is 0 Å². The van der Waals surface area contributed by atoms with Crippen LogP contribution in [-0.2, 0) is 0 Å². The van der Waals surface area contributed by atoms with Gasteiger partial charge in [0.05, 0.1) is 0 Å². The molecule has 0 saturated carbocycles. The SMILES string of the molecule is CCCCCN1CCNCC1.O=c1nccc[nH]1. The summed E-state index contributed by atoms with van der Waals surface area (Å²) in [5, 5.41) is 3.36. The number of aromatic nitrogens is 2. The summed E-state index contributed by atoms with van der Waals surface area (Å²) in [7, 11) is 0. The van der Waals surface area contributed by atoms with E-state index in [1.54, 1.807) is 6.07 Å². The molecule has 0 radical (unpaired) electrons. The number of hydrogen-bond donors (Lipinski definition) is 2. The van der Waals surface area contributed by atoms with Crippen molar-refractivity contribution in [2.45, 2.75) is 26.2 Å². The van der Waals surface area contributed by atoms with Gasteiger partial charge in [-0.05, 0) is 19.0 Å². The molecule has 0 spiro atoms. The van der Waals surface area contributed by atoms with Crippen LogP contribution in [0.3, 0.4) is 0 Å². The van der Waals surface area contributed by atoms with E-state index in [4.69, 9.17) is 0 Å². The van der Waals surface area contributed by atoms with Crippen LogP contribution in [0.4, 0.5) is 0 Å². The Morgan fingerprint density at radius 3 is 2.61 bits per heavy atom. The molecule has 5 heteroatoms. The zero-order valence-corrected chi connectivity index (χ0v) is 11.2. The lowest BCUT2D eigenvalue weighted by molar-refractivity contribution is 0.236. The fraction of sp³-hybridized carbons (Fsp3) is 0.692. The van der Waals surface area contributed by atoms with Gasteiger partial charge in [-0.15, -0.1) is 0 Å². The van der Waals surface area contributed by atoms with Gasteiger partial charge in [-0.25, -0.2) is 9.78 Å². The first-order chi connectivity index (χ1) is 8.83. The molecule has 0 unspecified atom stereocenters. The topological polar surface area (TPSA) is 61.0 Å². The molecule has 0 aromatic carbocycles. The van der Waals surface area contributed by atoms with E-state index in [1.165, 1.54) is 64.4 Å². The Labute approximate surface area is 109 Å². The fourth-order valence-electron chi connectivity index (χ4n) is 1.83. The number of rotatable bonds is 4. The Hall–Kier alpha value is -1.20. The van der Waals surface area contributed by atoms with Crippen molar-refractivity contribution in [1.82, 2.24) is 20.2 Å². The second-order valence-electron chi connectivity index (χ2n) is 4.39. The maximum Gasteiger partial charge on any atom is 0.344 e. The van der Waals surface area contributed by atoms with Gasteiger partial charge in [0.2, 0.25) is 0 Å². The maximum atomic E-state index is 10.1. The highest BCUT2D eigenvalue weighted by Gasteiger charge is 2.07. The molecule has 5 nitrogen and oxygen atoms in total. The third kappa shape index (κ3) is 7.19. The molecule has 18 heavy (non-hydrogen) atoms. The van der Waals surface area contributed by atoms with Crippen molar-refractivity contribution in [3.63, 3.8) is 0 Å². The van der Waals surface area contributed by atoms with Crippen LogP contribution in [0.1, 0.15) is 26.2 Å². The quantitative estimate of drug-likeness (QED) is 0.780. The highest BCUT2D eigenvalue weighted by Crippen LogP contribution is 1.98. The molecule has 1 aliphatic heterocycles. The van der Waals surface area contributed by atoms with Gasteiger partial charge < -0.3 is 15.2 Å². The summed E-state index contributed by atoms with van der Waals surface area (Å²) in [4.78, 5) is 18.4. The minimum Gasteiger partial charge on any atom is -0.314 e. The summed E-state index contributed by atoms with van der Waals surface area (Å²) in [5.74, 6) is 0. The largest absolute Gasteiger partial charge is 0.344 e. The Balaban J connectivity index is 0.000000199. The number of aromatic amines is 1. The third-order valence-electron chi connectivity index (χ3n) is 2.87. The molecule has 0 atom stereocenters. The van der Waals surface area contributed by atoms with E-state index in [1.807, 2.05) is 0 Å². The zero-order chi connectivity index (χ0) is 13.1. The molecule has 2 rings (SSSR count). The molecular formula is C13H24N4O. The smallest absolute Gasteiger partial charge is 0.314 e. The second-order valence-corrected chi connectivity index (χ2v) is 4.39. The molecule has 1 fully saturated rings. The third-order valence-corrected chi connectivity index (χ3v) is 2.87. The molecule has 2 N–H and O–H groups in total. The van der Waals surface area contributed by atoms with Gasteiger partial charge in [-0.1, -0.05) is 19.8 Å². The van der Waals surface area contributed by atoms with Crippen LogP contribution in [0.25, 0.3) is 0 Å². The zero-order valence-electron chi connectivity index (χ0n) is 11.2. The first-order valence-electron chi connectivity index (χ1n) is 6.75. The summed E-state index contributed by atoms with van der Waals surface area (Å²) in [5.41, 5.74) is -0.303. The average Bonchev–Trinajstić information content (AvgIpc) is 2.42. The normalized spacial score (nSPS) is 15.8. The Bertz CT molecular complexity index is 329. The molecule has 102 valence electrons. The highest BCUT2D eigenvalue weighted by molar-refractivity contribution is 4.75. The van der Waals surface area contributed by atoms with E-state index in [-0.39, 0.29) is 5.69 Å². The molecule has 0 amide bonds. The van der Waals surface area contributed by atoms with E-state index < -0.39 is 0 Å². The number of nitrogens with zero attached hydrogens (tertiary/aromatic N) is 2. The highest BCUT2D eigenvalue weighted by atomic mass is 16.1. The minimum atomic E-state index is -0.303. The number of hydrogen-bond acceptors (Lipinski definition) is 4. The van der Waals surface area contributed by atoms with Crippen molar-refractivity contribution in [3.8, 4) is 0 Å². The molecule has 0 aliphatic carbocycles. The molecule has 1 aromatic rings. The number of piperazine rings is 1. The predicted molar refractivity (Wildman–Crippen MR) is 73.7 cm³/mol. The predicted octanol–water partition coefficient (Wildman–Crippen LogP) is 0.852. The lowest BCUT2D eigenvalue weighted by Crippen LogP contribution is -2.43.